The minimum atomic E-state index is 0.136. The van der Waals surface area contributed by atoms with E-state index in [1.165, 1.54) is 4.90 Å². The molecule has 0 radical (unpaired) electrons. The Bertz CT molecular complexity index is 433. The third-order valence-electron chi connectivity index (χ3n) is 3.08. The largest absolute Gasteiger partial charge is 0.384 e. The Balaban J connectivity index is 2.12. The van der Waals surface area contributed by atoms with Gasteiger partial charge >= 0.3 is 0 Å². The number of nitrogen functional groups attached to an aromatic ring is 1. The Morgan fingerprint density at radius 2 is 2.29 bits per heavy atom. The first-order chi connectivity index (χ1) is 8.08. The van der Waals surface area contributed by atoms with Crippen LogP contribution in [0.1, 0.15) is 24.5 Å². The molecule has 0 bridgehead atoms. The number of amidine groups is 1. The fourth-order valence-electron chi connectivity index (χ4n) is 2.05. The number of thioether (sulfide) groups is 1. The molecule has 1 aromatic rings. The first-order valence-corrected chi connectivity index (χ1v) is 6.69. The van der Waals surface area contributed by atoms with E-state index in [1.54, 1.807) is 0 Å². The van der Waals surface area contributed by atoms with Crippen LogP contribution in [0.15, 0.2) is 23.1 Å². The maximum absolute atomic E-state index is 7.45. The lowest BCUT2D eigenvalue weighted by molar-refractivity contribution is 0.127. The number of benzene rings is 1. The minimum absolute atomic E-state index is 0.136. The van der Waals surface area contributed by atoms with Gasteiger partial charge in [0, 0.05) is 22.3 Å². The van der Waals surface area contributed by atoms with Crippen molar-refractivity contribution in [3.8, 4) is 0 Å². The van der Waals surface area contributed by atoms with Crippen molar-refractivity contribution in [2.75, 3.05) is 6.61 Å². The molecule has 1 aromatic carbocycles. The molecule has 1 heterocycles. The Morgan fingerprint density at radius 1 is 1.53 bits per heavy atom. The molecule has 1 aliphatic rings. The second-order valence-corrected chi connectivity index (χ2v) is 5.72. The van der Waals surface area contributed by atoms with E-state index >= 15 is 0 Å². The van der Waals surface area contributed by atoms with Crippen LogP contribution in [-0.2, 0) is 4.74 Å². The van der Waals surface area contributed by atoms with Crippen LogP contribution in [0.2, 0.25) is 0 Å². The quantitative estimate of drug-likeness (QED) is 0.640. The van der Waals surface area contributed by atoms with E-state index in [0.29, 0.717) is 11.4 Å². The van der Waals surface area contributed by atoms with E-state index in [0.717, 1.165) is 24.2 Å². The van der Waals surface area contributed by atoms with Gasteiger partial charge in [0.25, 0.3) is 0 Å². The van der Waals surface area contributed by atoms with E-state index < -0.39 is 0 Å². The van der Waals surface area contributed by atoms with Crippen LogP contribution in [0.5, 0.6) is 0 Å². The van der Waals surface area contributed by atoms with Gasteiger partial charge in [-0.1, -0.05) is 0 Å². The molecule has 1 fully saturated rings. The summed E-state index contributed by atoms with van der Waals surface area (Å²) in [5.41, 5.74) is 7.39. The zero-order valence-corrected chi connectivity index (χ0v) is 11.0. The Kier molecular flexibility index (Phi) is 3.74. The molecule has 3 N–H and O–H groups in total. The van der Waals surface area contributed by atoms with Crippen molar-refractivity contribution in [1.29, 1.82) is 5.41 Å². The molecule has 2 unspecified atom stereocenters. The molecule has 0 spiro atoms. The molecule has 2 rings (SSSR count). The van der Waals surface area contributed by atoms with E-state index in [-0.39, 0.29) is 5.84 Å². The zero-order chi connectivity index (χ0) is 12.4. The smallest absolute Gasteiger partial charge is 0.123 e. The van der Waals surface area contributed by atoms with Crippen LogP contribution in [0.4, 0.5) is 0 Å². The standard InChI is InChI=1S/C13H18N2OS/c1-8-7-10(3-4-11(8)13(14)15)17-12-5-6-16-9(12)2/h3-4,7,9,12H,5-6H2,1-2H3,(H3,14,15). The molecule has 0 amide bonds. The van der Waals surface area contributed by atoms with E-state index in [1.807, 2.05) is 30.8 Å². The summed E-state index contributed by atoms with van der Waals surface area (Å²) in [4.78, 5) is 1.23. The Labute approximate surface area is 106 Å². The zero-order valence-electron chi connectivity index (χ0n) is 10.2. The summed E-state index contributed by atoms with van der Waals surface area (Å²) in [6.07, 6.45) is 1.44. The van der Waals surface area contributed by atoms with Gasteiger partial charge in [0.1, 0.15) is 5.84 Å². The van der Waals surface area contributed by atoms with Gasteiger partial charge in [-0.05, 0) is 44.0 Å². The molecular weight excluding hydrogens is 232 g/mol. The average molecular weight is 250 g/mol. The lowest BCUT2D eigenvalue weighted by Gasteiger charge is -2.14. The van der Waals surface area contributed by atoms with Crippen LogP contribution < -0.4 is 5.73 Å². The number of nitrogens with one attached hydrogen (secondary N) is 1. The number of hydrogen-bond acceptors (Lipinski definition) is 3. The van der Waals surface area contributed by atoms with Crippen LogP contribution in [0.25, 0.3) is 0 Å². The van der Waals surface area contributed by atoms with Crippen LogP contribution >= 0.6 is 11.8 Å². The summed E-state index contributed by atoms with van der Waals surface area (Å²) in [6.45, 7) is 4.99. The Hall–Kier alpha value is -1.00. The van der Waals surface area contributed by atoms with Gasteiger partial charge in [0.05, 0.1) is 6.10 Å². The number of aryl methyl sites for hydroxylation is 1. The molecule has 17 heavy (non-hydrogen) atoms. The molecule has 2 atom stereocenters. The van der Waals surface area contributed by atoms with Gasteiger partial charge < -0.3 is 10.5 Å². The van der Waals surface area contributed by atoms with Crippen LogP contribution in [-0.4, -0.2) is 23.8 Å². The highest BCUT2D eigenvalue weighted by molar-refractivity contribution is 8.00. The van der Waals surface area contributed by atoms with Gasteiger partial charge in [-0.15, -0.1) is 11.8 Å². The normalized spacial score (nSPS) is 23.9. The predicted molar refractivity (Wildman–Crippen MR) is 71.9 cm³/mol. The van der Waals surface area contributed by atoms with Crippen molar-refractivity contribution in [3.63, 3.8) is 0 Å². The molecule has 1 aliphatic heterocycles. The van der Waals surface area contributed by atoms with Gasteiger partial charge in [0.15, 0.2) is 0 Å². The summed E-state index contributed by atoms with van der Waals surface area (Å²) in [5, 5.41) is 7.99. The molecule has 0 aliphatic carbocycles. The highest BCUT2D eigenvalue weighted by Gasteiger charge is 2.25. The van der Waals surface area contributed by atoms with Crippen molar-refractivity contribution in [1.82, 2.24) is 0 Å². The maximum Gasteiger partial charge on any atom is 0.123 e. The van der Waals surface area contributed by atoms with Crippen molar-refractivity contribution < 1.29 is 4.74 Å². The van der Waals surface area contributed by atoms with Crippen LogP contribution in [0, 0.1) is 12.3 Å². The number of rotatable bonds is 3. The van der Waals surface area contributed by atoms with E-state index in [2.05, 4.69) is 13.0 Å². The van der Waals surface area contributed by atoms with Gasteiger partial charge in [-0.3, -0.25) is 5.41 Å². The number of ether oxygens (including phenoxy) is 1. The molecule has 92 valence electrons. The predicted octanol–water partition coefficient (Wildman–Crippen LogP) is 2.55. The van der Waals surface area contributed by atoms with Crippen molar-refractivity contribution in [2.24, 2.45) is 5.73 Å². The van der Waals surface area contributed by atoms with Crippen molar-refractivity contribution in [3.05, 3.63) is 29.3 Å². The molecule has 1 saturated heterocycles. The highest BCUT2D eigenvalue weighted by Crippen LogP contribution is 2.33. The van der Waals surface area contributed by atoms with E-state index in [4.69, 9.17) is 15.9 Å². The first kappa shape index (κ1) is 12.5. The van der Waals surface area contributed by atoms with Gasteiger partial charge in [0.2, 0.25) is 0 Å². The number of nitrogens with two attached hydrogens (primary N) is 1. The fraction of sp³-hybridized carbons (Fsp3) is 0.462. The second-order valence-electron chi connectivity index (χ2n) is 4.41. The topological polar surface area (TPSA) is 59.1 Å². The third-order valence-corrected chi connectivity index (χ3v) is 4.53. The molecule has 4 heteroatoms. The monoisotopic (exact) mass is 250 g/mol. The fourth-order valence-corrected chi connectivity index (χ4v) is 3.28. The third kappa shape index (κ3) is 2.82. The summed E-state index contributed by atoms with van der Waals surface area (Å²) in [6, 6.07) is 6.08. The molecule has 3 nitrogen and oxygen atoms in total. The van der Waals surface area contributed by atoms with Crippen LogP contribution in [0.3, 0.4) is 0 Å². The van der Waals surface area contributed by atoms with Crippen molar-refractivity contribution >= 4 is 17.6 Å². The summed E-state index contributed by atoms with van der Waals surface area (Å²) >= 11 is 1.86. The Morgan fingerprint density at radius 3 is 2.82 bits per heavy atom. The van der Waals surface area contributed by atoms with E-state index in [9.17, 15) is 0 Å². The average Bonchev–Trinajstić information content (AvgIpc) is 2.64. The molecular formula is C13H18N2OS. The minimum Gasteiger partial charge on any atom is -0.384 e. The van der Waals surface area contributed by atoms with Gasteiger partial charge in [-0.2, -0.15) is 0 Å². The molecule has 0 aromatic heterocycles. The van der Waals surface area contributed by atoms with Crippen molar-refractivity contribution in [2.45, 2.75) is 36.5 Å². The lowest BCUT2D eigenvalue weighted by atomic mass is 10.1. The molecule has 0 saturated carbocycles. The highest BCUT2D eigenvalue weighted by atomic mass is 32.2. The summed E-state index contributed by atoms with van der Waals surface area (Å²) in [5.74, 6) is 0.136. The SMILES string of the molecule is Cc1cc(SC2CCOC2C)ccc1C(=N)N. The first-order valence-electron chi connectivity index (χ1n) is 5.81. The van der Waals surface area contributed by atoms with Gasteiger partial charge in [-0.25, -0.2) is 0 Å². The maximum atomic E-state index is 7.45. The number of hydrogen-bond donors (Lipinski definition) is 2. The summed E-state index contributed by atoms with van der Waals surface area (Å²) < 4.78 is 5.55. The summed E-state index contributed by atoms with van der Waals surface area (Å²) in [7, 11) is 0. The second kappa shape index (κ2) is 5.10. The lowest BCUT2D eigenvalue weighted by Crippen LogP contribution is -2.14.